The molecule has 1 aliphatic heterocycles. The second kappa shape index (κ2) is 9.28. The van der Waals surface area contributed by atoms with E-state index in [1.807, 2.05) is 24.3 Å². The molecule has 0 N–H and O–H groups in total. The van der Waals surface area contributed by atoms with Crippen LogP contribution >= 0.6 is 39.1 Å². The van der Waals surface area contributed by atoms with E-state index in [2.05, 4.69) is 15.9 Å². The summed E-state index contributed by atoms with van der Waals surface area (Å²) in [6.07, 6.45) is 3.68. The van der Waals surface area contributed by atoms with Gasteiger partial charge in [0.25, 0.3) is 0 Å². The maximum absolute atomic E-state index is 13.1. The van der Waals surface area contributed by atoms with Crippen LogP contribution in [0.3, 0.4) is 0 Å². The van der Waals surface area contributed by atoms with Gasteiger partial charge in [-0.2, -0.15) is 0 Å². The Morgan fingerprint density at radius 3 is 2.12 bits per heavy atom. The highest BCUT2D eigenvalue weighted by Crippen LogP contribution is 2.51. The van der Waals surface area contributed by atoms with Gasteiger partial charge in [-0.3, -0.25) is 9.59 Å². The number of benzene rings is 2. The van der Waals surface area contributed by atoms with Crippen molar-refractivity contribution in [1.29, 1.82) is 0 Å². The van der Waals surface area contributed by atoms with Crippen LogP contribution < -0.4 is 4.74 Å². The molecular formula is C26H21BrCl2O4. The minimum atomic E-state index is -0.583. The number of carbonyl (C=O) groups excluding carboxylic acids is 2. The average molecular weight is 548 g/mol. The average Bonchev–Trinajstić information content (AvgIpc) is 2.78. The van der Waals surface area contributed by atoms with Crippen LogP contribution in [-0.2, 0) is 20.9 Å². The quantitative estimate of drug-likeness (QED) is 0.398. The first-order chi connectivity index (χ1) is 15.9. The summed E-state index contributed by atoms with van der Waals surface area (Å²) >= 11 is 16.5. The summed E-state index contributed by atoms with van der Waals surface area (Å²) in [5, 5.41) is 0.769. The molecule has 3 aliphatic rings. The van der Waals surface area contributed by atoms with Gasteiger partial charge in [0.2, 0.25) is 0 Å². The van der Waals surface area contributed by atoms with Gasteiger partial charge in [-0.05, 0) is 42.7 Å². The lowest BCUT2D eigenvalue weighted by atomic mass is 9.73. The van der Waals surface area contributed by atoms with Crippen molar-refractivity contribution < 1.29 is 19.1 Å². The largest absolute Gasteiger partial charge is 0.487 e. The zero-order chi connectivity index (χ0) is 23.1. The van der Waals surface area contributed by atoms with Crippen molar-refractivity contribution in [2.75, 3.05) is 0 Å². The Morgan fingerprint density at radius 2 is 1.52 bits per heavy atom. The molecule has 0 saturated carbocycles. The fourth-order valence-corrected chi connectivity index (χ4v) is 5.64. The summed E-state index contributed by atoms with van der Waals surface area (Å²) in [6, 6.07) is 11.2. The minimum absolute atomic E-state index is 0.00105. The maximum Gasteiger partial charge on any atom is 0.163 e. The van der Waals surface area contributed by atoms with Crippen LogP contribution in [-0.4, -0.2) is 11.6 Å². The first-order valence-electron chi connectivity index (χ1n) is 11.0. The number of hydrogen-bond acceptors (Lipinski definition) is 4. The van der Waals surface area contributed by atoms with Crippen molar-refractivity contribution in [3.63, 3.8) is 0 Å². The molecule has 33 heavy (non-hydrogen) atoms. The van der Waals surface area contributed by atoms with E-state index in [4.69, 9.17) is 32.7 Å². The third kappa shape index (κ3) is 4.39. The molecule has 0 atom stereocenters. The van der Waals surface area contributed by atoms with E-state index < -0.39 is 5.92 Å². The van der Waals surface area contributed by atoms with Crippen LogP contribution in [0.5, 0.6) is 5.75 Å². The fraction of sp³-hybridized carbons (Fsp3) is 0.308. The Balaban J connectivity index is 1.63. The van der Waals surface area contributed by atoms with Crippen LogP contribution in [0.4, 0.5) is 0 Å². The zero-order valence-corrected chi connectivity index (χ0v) is 20.9. The molecule has 0 radical (unpaired) electrons. The highest BCUT2D eigenvalue weighted by atomic mass is 79.9. The van der Waals surface area contributed by atoms with Gasteiger partial charge in [0.15, 0.2) is 11.6 Å². The van der Waals surface area contributed by atoms with Crippen LogP contribution in [0, 0.1) is 0 Å². The van der Waals surface area contributed by atoms with Crippen LogP contribution in [0.15, 0.2) is 63.5 Å². The lowest BCUT2D eigenvalue weighted by molar-refractivity contribution is -0.117. The first-order valence-corrected chi connectivity index (χ1v) is 12.5. The molecule has 0 spiro atoms. The van der Waals surface area contributed by atoms with Gasteiger partial charge in [-0.15, -0.1) is 0 Å². The lowest BCUT2D eigenvalue weighted by Crippen LogP contribution is -2.30. The van der Waals surface area contributed by atoms with Gasteiger partial charge in [-0.1, -0.05) is 51.3 Å². The van der Waals surface area contributed by atoms with Crippen LogP contribution in [0.1, 0.15) is 55.6 Å². The molecule has 0 aromatic heterocycles. The van der Waals surface area contributed by atoms with E-state index in [0.29, 0.717) is 69.7 Å². The first kappa shape index (κ1) is 22.7. The SMILES string of the molecule is O=C1CCCC2=C1C(c1cc(Cl)cc(Cl)c1OCc1ccc(Br)cc1)C1=C(CCCC1=O)O2. The van der Waals surface area contributed by atoms with E-state index in [1.54, 1.807) is 12.1 Å². The molecule has 4 nitrogen and oxygen atoms in total. The Morgan fingerprint density at radius 1 is 0.909 bits per heavy atom. The number of carbonyl (C=O) groups is 2. The molecule has 7 heteroatoms. The third-order valence-electron chi connectivity index (χ3n) is 6.29. The second-order valence-corrected chi connectivity index (χ2v) is 10.2. The molecule has 2 aliphatic carbocycles. The Kier molecular flexibility index (Phi) is 6.39. The number of halogens is 3. The number of allylic oxidation sites excluding steroid dienone is 4. The molecule has 0 amide bonds. The van der Waals surface area contributed by atoms with Gasteiger partial charge in [0.05, 0.1) is 10.9 Å². The normalized spacial score (nSPS) is 18.8. The van der Waals surface area contributed by atoms with Crippen LogP contribution in [0.25, 0.3) is 0 Å². The molecule has 170 valence electrons. The number of hydrogen-bond donors (Lipinski definition) is 0. The summed E-state index contributed by atoms with van der Waals surface area (Å²) in [4.78, 5) is 26.2. The maximum atomic E-state index is 13.1. The summed E-state index contributed by atoms with van der Waals surface area (Å²) < 4.78 is 13.3. The summed E-state index contributed by atoms with van der Waals surface area (Å²) in [5.41, 5.74) is 2.69. The Labute approximate surface area is 210 Å². The number of ketones is 2. The standard InChI is InChI=1S/C26H21BrCl2O4/c27-15-9-7-14(8-10-15)13-32-26-17(11-16(28)12-18(26)29)23-24-19(30)3-1-5-21(24)33-22-6-2-4-20(31)25(22)23/h7-12,23H,1-6,13H2. The van der Waals surface area contributed by atoms with E-state index in [9.17, 15) is 9.59 Å². The van der Waals surface area contributed by atoms with Crippen LogP contribution in [0.2, 0.25) is 10.0 Å². The van der Waals surface area contributed by atoms with Crippen molar-refractivity contribution in [3.8, 4) is 5.75 Å². The van der Waals surface area contributed by atoms with Gasteiger partial charge >= 0.3 is 0 Å². The van der Waals surface area contributed by atoms with Crippen molar-refractivity contribution in [1.82, 2.24) is 0 Å². The van der Waals surface area contributed by atoms with E-state index >= 15 is 0 Å². The molecule has 5 rings (SSSR count). The third-order valence-corrected chi connectivity index (χ3v) is 7.31. The predicted octanol–water partition coefficient (Wildman–Crippen LogP) is 7.46. The Hall–Kier alpha value is -2.08. The van der Waals surface area contributed by atoms with Crippen molar-refractivity contribution in [2.45, 2.75) is 51.0 Å². The molecule has 0 bridgehead atoms. The van der Waals surface area contributed by atoms with E-state index in [1.165, 1.54) is 0 Å². The molecule has 1 heterocycles. The topological polar surface area (TPSA) is 52.6 Å². The van der Waals surface area contributed by atoms with Gasteiger partial charge in [-0.25, -0.2) is 0 Å². The van der Waals surface area contributed by atoms with Gasteiger partial charge in [0.1, 0.15) is 23.9 Å². The summed E-state index contributed by atoms with van der Waals surface area (Å²) in [5.74, 6) is 1.19. The second-order valence-electron chi connectivity index (χ2n) is 8.48. The summed E-state index contributed by atoms with van der Waals surface area (Å²) in [7, 11) is 0. The smallest absolute Gasteiger partial charge is 0.163 e. The van der Waals surface area contributed by atoms with Crippen molar-refractivity contribution in [3.05, 3.63) is 84.7 Å². The summed E-state index contributed by atoms with van der Waals surface area (Å²) in [6.45, 7) is 0.282. The highest BCUT2D eigenvalue weighted by Gasteiger charge is 2.43. The predicted molar refractivity (Wildman–Crippen MR) is 131 cm³/mol. The molecular weight excluding hydrogens is 527 g/mol. The molecule has 2 aromatic rings. The fourth-order valence-electron chi connectivity index (χ4n) is 4.81. The number of rotatable bonds is 4. The lowest BCUT2D eigenvalue weighted by Gasteiger charge is -2.36. The van der Waals surface area contributed by atoms with E-state index in [0.717, 1.165) is 22.9 Å². The molecule has 0 saturated heterocycles. The minimum Gasteiger partial charge on any atom is -0.487 e. The molecule has 0 unspecified atom stereocenters. The van der Waals surface area contributed by atoms with Gasteiger partial charge in [0, 0.05) is 51.9 Å². The highest BCUT2D eigenvalue weighted by molar-refractivity contribution is 9.10. The molecule has 0 fully saturated rings. The van der Waals surface area contributed by atoms with Gasteiger partial charge < -0.3 is 9.47 Å². The molecule has 2 aromatic carbocycles. The Bertz CT molecular complexity index is 1170. The van der Waals surface area contributed by atoms with E-state index in [-0.39, 0.29) is 18.2 Å². The monoisotopic (exact) mass is 546 g/mol. The van der Waals surface area contributed by atoms with Crippen molar-refractivity contribution in [2.24, 2.45) is 0 Å². The number of Topliss-reactive ketones (excluding diaryl/α,β-unsaturated/α-hetero) is 2. The van der Waals surface area contributed by atoms with Crippen molar-refractivity contribution >= 4 is 50.7 Å². The zero-order valence-electron chi connectivity index (χ0n) is 17.8. The number of ether oxygens (including phenoxy) is 2.